The number of pyridine rings is 1. The summed E-state index contributed by atoms with van der Waals surface area (Å²) < 4.78 is 25.0. The highest BCUT2D eigenvalue weighted by molar-refractivity contribution is 5.83. The second-order valence-electron chi connectivity index (χ2n) is 7.57. The molecule has 0 saturated heterocycles. The lowest BCUT2D eigenvalue weighted by Gasteiger charge is -2.29. The van der Waals surface area contributed by atoms with Crippen molar-refractivity contribution in [2.24, 2.45) is 0 Å². The number of ether oxygens (including phenoxy) is 1. The molecule has 31 heavy (non-hydrogen) atoms. The Balaban J connectivity index is 1.77. The molecule has 4 rings (SSSR count). The van der Waals surface area contributed by atoms with Gasteiger partial charge in [-0.2, -0.15) is 9.97 Å². The summed E-state index contributed by atoms with van der Waals surface area (Å²) in [6.07, 6.45) is 2.36. The highest BCUT2D eigenvalue weighted by atomic mass is 19.1. The Bertz CT molecular complexity index is 1070. The lowest BCUT2D eigenvalue weighted by molar-refractivity contribution is 0.313. The molecule has 164 valence electrons. The number of anilines is 3. The van der Waals surface area contributed by atoms with E-state index in [-0.39, 0.29) is 11.8 Å². The van der Waals surface area contributed by atoms with E-state index in [1.165, 1.54) is 12.3 Å². The molecule has 3 aromatic rings. The van der Waals surface area contributed by atoms with Crippen LogP contribution in [0.1, 0.15) is 30.1 Å². The quantitative estimate of drug-likeness (QED) is 0.601. The fourth-order valence-corrected chi connectivity index (χ4v) is 3.75. The second-order valence-corrected chi connectivity index (χ2v) is 7.57. The molecule has 0 amide bonds. The van der Waals surface area contributed by atoms with Crippen molar-refractivity contribution in [3.8, 4) is 6.01 Å². The number of aromatic nitrogens is 4. The average Bonchev–Trinajstić information content (AvgIpc) is 3.24. The summed E-state index contributed by atoms with van der Waals surface area (Å²) in [5.41, 5.74) is 8.34. The minimum atomic E-state index is -0.427. The van der Waals surface area contributed by atoms with E-state index in [1.54, 1.807) is 6.20 Å². The van der Waals surface area contributed by atoms with E-state index in [1.807, 2.05) is 48.8 Å². The summed E-state index contributed by atoms with van der Waals surface area (Å²) >= 11 is 0. The molecule has 11 heteroatoms. The molecule has 1 unspecified atom stereocenters. The van der Waals surface area contributed by atoms with E-state index in [0.29, 0.717) is 42.5 Å². The lowest BCUT2D eigenvalue weighted by atomic mass is 10.2. The number of hydrogen-bond donors (Lipinski definition) is 1. The number of rotatable bonds is 7. The molecule has 1 aliphatic rings. The third-order valence-corrected chi connectivity index (χ3v) is 4.87. The van der Waals surface area contributed by atoms with Gasteiger partial charge in [-0.3, -0.25) is 4.98 Å². The number of nitrogens with two attached hydrogens (primary N) is 1. The molecular weight excluding hydrogens is 403 g/mol. The molecule has 3 aromatic heterocycles. The highest BCUT2D eigenvalue weighted by Crippen LogP contribution is 2.48. The molecule has 0 spiro atoms. The van der Waals surface area contributed by atoms with Gasteiger partial charge in [0.25, 0.3) is 0 Å². The molecule has 0 bridgehead atoms. The van der Waals surface area contributed by atoms with Crippen molar-refractivity contribution >= 4 is 17.3 Å². The van der Waals surface area contributed by atoms with E-state index in [4.69, 9.17) is 15.0 Å². The fraction of sp³-hybridized carbons (Fsp3) is 0.400. The molecule has 2 N–H and O–H groups in total. The Kier molecular flexibility index (Phi) is 5.59. The molecule has 0 fully saturated rings. The third-order valence-electron chi connectivity index (χ3n) is 4.87. The maximum atomic E-state index is 14.0. The largest absolute Gasteiger partial charge is 0.464 e. The van der Waals surface area contributed by atoms with Crippen LogP contribution in [0.4, 0.5) is 21.7 Å². The first-order valence-corrected chi connectivity index (χ1v) is 9.86. The predicted octanol–water partition coefficient (Wildman–Crippen LogP) is 2.20. The van der Waals surface area contributed by atoms with Crippen molar-refractivity contribution in [1.82, 2.24) is 25.0 Å². The molecule has 0 aliphatic carbocycles. The molecule has 4 heterocycles. The van der Waals surface area contributed by atoms with Gasteiger partial charge in [-0.15, -0.1) is 0 Å². The third kappa shape index (κ3) is 4.08. The van der Waals surface area contributed by atoms with E-state index in [2.05, 4.69) is 20.1 Å². The van der Waals surface area contributed by atoms with E-state index in [0.717, 1.165) is 5.69 Å². The Morgan fingerprint density at radius 1 is 1.26 bits per heavy atom. The first kappa shape index (κ1) is 20.8. The van der Waals surface area contributed by atoms with Gasteiger partial charge in [-0.05, 0) is 27.1 Å². The Labute approximate surface area is 179 Å². The van der Waals surface area contributed by atoms with Gasteiger partial charge in [-0.1, -0.05) is 5.16 Å². The van der Waals surface area contributed by atoms with Gasteiger partial charge in [0.15, 0.2) is 17.4 Å². The van der Waals surface area contributed by atoms with Gasteiger partial charge in [0.2, 0.25) is 0 Å². The summed E-state index contributed by atoms with van der Waals surface area (Å²) in [4.78, 5) is 18.7. The number of nitrogen functional groups attached to an aromatic ring is 1. The van der Waals surface area contributed by atoms with E-state index < -0.39 is 12.0 Å². The van der Waals surface area contributed by atoms with E-state index in [9.17, 15) is 4.39 Å². The van der Waals surface area contributed by atoms with Crippen LogP contribution >= 0.6 is 0 Å². The van der Waals surface area contributed by atoms with Crippen molar-refractivity contribution < 1.29 is 13.7 Å². The summed E-state index contributed by atoms with van der Waals surface area (Å²) in [5, 5.41) is 4.14. The Morgan fingerprint density at radius 3 is 2.77 bits per heavy atom. The van der Waals surface area contributed by atoms with Crippen molar-refractivity contribution in [3.05, 3.63) is 47.4 Å². The molecule has 1 aliphatic heterocycles. The smallest absolute Gasteiger partial charge is 0.320 e. The van der Waals surface area contributed by atoms with Crippen molar-refractivity contribution in [3.63, 3.8) is 0 Å². The van der Waals surface area contributed by atoms with Crippen LogP contribution in [-0.2, 0) is 13.1 Å². The minimum Gasteiger partial charge on any atom is -0.464 e. The van der Waals surface area contributed by atoms with Gasteiger partial charge in [0, 0.05) is 31.4 Å². The highest BCUT2D eigenvalue weighted by Gasteiger charge is 2.39. The van der Waals surface area contributed by atoms with Crippen LogP contribution in [0.2, 0.25) is 0 Å². The predicted molar refractivity (Wildman–Crippen MR) is 113 cm³/mol. The van der Waals surface area contributed by atoms with Crippen molar-refractivity contribution in [2.75, 3.05) is 43.3 Å². The maximum absolute atomic E-state index is 14.0. The zero-order valence-electron chi connectivity index (χ0n) is 17.9. The SMILES string of the molecule is CCOc1nc(N)c2c(n1)N(Cc1cc(CN(C)C)no1)C(c1cncc(F)c1)N2C. The maximum Gasteiger partial charge on any atom is 0.320 e. The standard InChI is InChI=1S/C20H25FN8O2/c1-5-30-20-24-17(22)16-18(25-20)29(11-15-7-14(26-31-15)10-27(2)3)19(28(16)4)12-6-13(21)9-23-8-12/h6-9,19H,5,10-11H2,1-4H3,(H2,22,24,25). The summed E-state index contributed by atoms with van der Waals surface area (Å²) in [6, 6.07) is 3.52. The van der Waals surface area contributed by atoms with Crippen molar-refractivity contribution in [1.29, 1.82) is 0 Å². The number of nitrogens with zero attached hydrogens (tertiary/aromatic N) is 7. The van der Waals surface area contributed by atoms with Gasteiger partial charge in [0.1, 0.15) is 17.7 Å². The van der Waals surface area contributed by atoms with Crippen molar-refractivity contribution in [2.45, 2.75) is 26.2 Å². The average molecular weight is 428 g/mol. The van der Waals surface area contributed by atoms with Crippen LogP contribution in [0.5, 0.6) is 6.01 Å². The van der Waals surface area contributed by atoms with Crippen LogP contribution in [0, 0.1) is 5.82 Å². The molecule has 0 radical (unpaired) electrons. The minimum absolute atomic E-state index is 0.182. The van der Waals surface area contributed by atoms with Gasteiger partial charge >= 0.3 is 6.01 Å². The topological polar surface area (TPSA) is 110 Å². The number of hydrogen-bond acceptors (Lipinski definition) is 10. The molecule has 10 nitrogen and oxygen atoms in total. The lowest BCUT2D eigenvalue weighted by Crippen LogP contribution is -2.33. The number of fused-ring (bicyclic) bond motifs is 1. The van der Waals surface area contributed by atoms with Crippen LogP contribution in [0.15, 0.2) is 29.0 Å². The van der Waals surface area contributed by atoms with Gasteiger partial charge < -0.3 is 29.7 Å². The van der Waals surface area contributed by atoms with Crippen LogP contribution in [0.25, 0.3) is 0 Å². The Hall–Kier alpha value is -3.47. The molecule has 0 saturated carbocycles. The zero-order chi connectivity index (χ0) is 22.1. The van der Waals surface area contributed by atoms with E-state index >= 15 is 0 Å². The van der Waals surface area contributed by atoms with Gasteiger partial charge in [0.05, 0.1) is 25.0 Å². The molecule has 0 aromatic carbocycles. The normalized spacial score (nSPS) is 15.6. The van der Waals surface area contributed by atoms with Crippen LogP contribution < -0.4 is 20.3 Å². The molecule has 1 atom stereocenters. The summed E-state index contributed by atoms with van der Waals surface area (Å²) in [7, 11) is 5.77. The first-order chi connectivity index (χ1) is 14.9. The first-order valence-electron chi connectivity index (χ1n) is 9.86. The molecular formula is C20H25FN8O2. The second kappa shape index (κ2) is 8.34. The monoisotopic (exact) mass is 428 g/mol. The Morgan fingerprint density at radius 2 is 2.06 bits per heavy atom. The van der Waals surface area contributed by atoms with Crippen LogP contribution in [-0.4, -0.2) is 52.8 Å². The summed E-state index contributed by atoms with van der Waals surface area (Å²) in [6.45, 7) is 3.24. The number of halogens is 1. The fourth-order valence-electron chi connectivity index (χ4n) is 3.75. The van der Waals surface area contributed by atoms with Gasteiger partial charge in [-0.25, -0.2) is 4.39 Å². The zero-order valence-corrected chi connectivity index (χ0v) is 17.9. The van der Waals surface area contributed by atoms with Crippen LogP contribution in [0.3, 0.4) is 0 Å². The summed E-state index contributed by atoms with van der Waals surface area (Å²) in [5.74, 6) is 1.06.